The zero-order valence-electron chi connectivity index (χ0n) is 16.2. The first kappa shape index (κ1) is 19.9. The number of sulfone groups is 1. The van der Waals surface area contributed by atoms with Gasteiger partial charge in [0, 0.05) is 26.2 Å². The summed E-state index contributed by atoms with van der Waals surface area (Å²) < 4.78 is 33.3. The second kappa shape index (κ2) is 7.79. The van der Waals surface area contributed by atoms with E-state index in [0.717, 1.165) is 34.7 Å². The van der Waals surface area contributed by atoms with E-state index in [1.807, 2.05) is 4.52 Å². The highest BCUT2D eigenvalue weighted by Gasteiger charge is 2.33. The van der Waals surface area contributed by atoms with E-state index < -0.39 is 9.84 Å². The van der Waals surface area contributed by atoms with Crippen LogP contribution in [0.2, 0.25) is 0 Å². The lowest BCUT2D eigenvalue weighted by atomic mass is 10.1. The van der Waals surface area contributed by atoms with Crippen molar-refractivity contribution in [3.8, 4) is 0 Å². The van der Waals surface area contributed by atoms with Crippen LogP contribution in [0.3, 0.4) is 0 Å². The molecule has 8 nitrogen and oxygen atoms in total. The highest BCUT2D eigenvalue weighted by atomic mass is 79.9. The van der Waals surface area contributed by atoms with Crippen molar-refractivity contribution in [3.63, 3.8) is 0 Å². The molecule has 2 aromatic heterocycles. The van der Waals surface area contributed by atoms with Crippen molar-refractivity contribution in [1.29, 1.82) is 0 Å². The van der Waals surface area contributed by atoms with Gasteiger partial charge in [-0.15, -0.1) is 0 Å². The largest absolute Gasteiger partial charge is 0.378 e. The van der Waals surface area contributed by atoms with Crippen LogP contribution < -0.4 is 9.80 Å². The normalized spacial score (nSPS) is 19.7. The lowest BCUT2D eigenvalue weighted by molar-refractivity contribution is 0.123. The van der Waals surface area contributed by atoms with Gasteiger partial charge in [-0.25, -0.2) is 17.9 Å². The van der Waals surface area contributed by atoms with Crippen molar-refractivity contribution in [3.05, 3.63) is 17.0 Å². The van der Waals surface area contributed by atoms with Crippen molar-refractivity contribution >= 4 is 42.8 Å². The summed E-state index contributed by atoms with van der Waals surface area (Å²) in [5, 5.41) is 3.81. The van der Waals surface area contributed by atoms with Crippen LogP contribution in [0.5, 0.6) is 0 Å². The van der Waals surface area contributed by atoms with Crippen LogP contribution in [-0.2, 0) is 14.6 Å². The molecular formula is C18H26BrN5O3S. The average Bonchev–Trinajstić information content (AvgIpc) is 3.05. The molecule has 2 fully saturated rings. The SMILES string of the molecule is CC(C)S(=O)(=O)C1CCN(c2ncnn3c(Br)cc(N4CCOCC4)c23)CC1. The molecule has 0 amide bonds. The molecule has 4 rings (SSSR count). The third-order valence-corrected chi connectivity index (χ3v) is 8.97. The zero-order chi connectivity index (χ0) is 19.9. The number of fused-ring (bicyclic) bond motifs is 1. The summed E-state index contributed by atoms with van der Waals surface area (Å²) >= 11 is 3.61. The fraction of sp³-hybridized carbons (Fsp3) is 0.667. The van der Waals surface area contributed by atoms with Gasteiger partial charge in [-0.2, -0.15) is 5.10 Å². The molecule has 28 heavy (non-hydrogen) atoms. The molecule has 2 aromatic rings. The van der Waals surface area contributed by atoms with E-state index in [4.69, 9.17) is 4.74 Å². The fourth-order valence-electron chi connectivity index (χ4n) is 4.03. The number of halogens is 1. The predicted octanol–water partition coefficient (Wildman–Crippen LogP) is 2.12. The molecule has 0 radical (unpaired) electrons. The molecule has 0 aliphatic carbocycles. The minimum absolute atomic E-state index is 0.265. The van der Waals surface area contributed by atoms with Crippen LogP contribution in [-0.4, -0.2) is 72.9 Å². The molecule has 2 aliphatic rings. The maximum atomic E-state index is 12.5. The van der Waals surface area contributed by atoms with Gasteiger partial charge in [0.2, 0.25) is 0 Å². The van der Waals surface area contributed by atoms with E-state index in [2.05, 4.69) is 41.9 Å². The Morgan fingerprint density at radius 1 is 1.14 bits per heavy atom. The Bertz CT molecular complexity index is 948. The van der Waals surface area contributed by atoms with Gasteiger partial charge in [0.25, 0.3) is 0 Å². The molecule has 2 saturated heterocycles. The molecule has 0 bridgehead atoms. The second-order valence-electron chi connectivity index (χ2n) is 7.62. The number of anilines is 2. The molecule has 0 spiro atoms. The zero-order valence-corrected chi connectivity index (χ0v) is 18.6. The topological polar surface area (TPSA) is 80.0 Å². The Labute approximate surface area is 173 Å². The van der Waals surface area contributed by atoms with Gasteiger partial charge >= 0.3 is 0 Å². The third-order valence-electron chi connectivity index (χ3n) is 5.69. The van der Waals surface area contributed by atoms with Gasteiger partial charge in [0.1, 0.15) is 16.4 Å². The van der Waals surface area contributed by atoms with Crippen molar-refractivity contribution < 1.29 is 13.2 Å². The van der Waals surface area contributed by atoms with Crippen LogP contribution in [0.15, 0.2) is 17.0 Å². The Hall–Kier alpha value is -1.39. The van der Waals surface area contributed by atoms with Gasteiger partial charge < -0.3 is 14.5 Å². The monoisotopic (exact) mass is 471 g/mol. The van der Waals surface area contributed by atoms with Crippen LogP contribution in [0.25, 0.3) is 5.52 Å². The van der Waals surface area contributed by atoms with E-state index in [9.17, 15) is 8.42 Å². The Morgan fingerprint density at radius 3 is 2.46 bits per heavy atom. The minimum atomic E-state index is -3.06. The molecule has 10 heteroatoms. The number of hydrogen-bond acceptors (Lipinski definition) is 7. The number of nitrogens with zero attached hydrogens (tertiary/aromatic N) is 5. The molecule has 0 N–H and O–H groups in total. The van der Waals surface area contributed by atoms with Gasteiger partial charge in [0.15, 0.2) is 15.7 Å². The summed E-state index contributed by atoms with van der Waals surface area (Å²) in [5.74, 6) is 0.864. The molecule has 4 heterocycles. The quantitative estimate of drug-likeness (QED) is 0.675. The number of hydrogen-bond donors (Lipinski definition) is 0. The Kier molecular flexibility index (Phi) is 5.54. The molecule has 0 atom stereocenters. The fourth-order valence-corrected chi connectivity index (χ4v) is 6.15. The van der Waals surface area contributed by atoms with E-state index >= 15 is 0 Å². The Balaban J connectivity index is 1.65. The number of rotatable bonds is 4. The average molecular weight is 472 g/mol. The molecule has 154 valence electrons. The van der Waals surface area contributed by atoms with Crippen molar-refractivity contribution in [2.75, 3.05) is 49.2 Å². The molecule has 2 aliphatic heterocycles. The summed E-state index contributed by atoms with van der Waals surface area (Å²) in [6.07, 6.45) is 2.82. The molecule has 0 unspecified atom stereocenters. The number of morpholine rings is 1. The van der Waals surface area contributed by atoms with Gasteiger partial charge in [-0.3, -0.25) is 0 Å². The van der Waals surface area contributed by atoms with E-state index in [0.29, 0.717) is 39.1 Å². The first-order chi connectivity index (χ1) is 13.4. The van der Waals surface area contributed by atoms with Crippen molar-refractivity contribution in [2.45, 2.75) is 37.2 Å². The van der Waals surface area contributed by atoms with Crippen LogP contribution in [0.1, 0.15) is 26.7 Å². The summed E-state index contributed by atoms with van der Waals surface area (Å²) in [7, 11) is -3.06. The van der Waals surface area contributed by atoms with Crippen molar-refractivity contribution in [1.82, 2.24) is 14.6 Å². The first-order valence-electron chi connectivity index (χ1n) is 9.72. The summed E-state index contributed by atoms with van der Waals surface area (Å²) in [5.41, 5.74) is 2.05. The predicted molar refractivity (Wildman–Crippen MR) is 113 cm³/mol. The summed E-state index contributed by atoms with van der Waals surface area (Å²) in [4.78, 5) is 9.08. The van der Waals surface area contributed by atoms with Crippen LogP contribution in [0, 0.1) is 0 Å². The Morgan fingerprint density at radius 2 is 1.82 bits per heavy atom. The van der Waals surface area contributed by atoms with E-state index in [-0.39, 0.29) is 10.5 Å². The van der Waals surface area contributed by atoms with E-state index in [1.54, 1.807) is 20.2 Å². The number of piperidine rings is 1. The number of ether oxygens (including phenoxy) is 1. The standard InChI is InChI=1S/C18H26BrN5O3S/c1-13(2)28(25,26)14-3-5-23(6-4-14)18-17-15(22-7-9-27-10-8-22)11-16(19)24(17)21-12-20-18/h11-14H,3-10H2,1-2H3. The highest BCUT2D eigenvalue weighted by Crippen LogP contribution is 2.35. The highest BCUT2D eigenvalue weighted by molar-refractivity contribution is 9.10. The lowest BCUT2D eigenvalue weighted by Gasteiger charge is -2.34. The maximum absolute atomic E-state index is 12.5. The third kappa shape index (κ3) is 3.50. The van der Waals surface area contributed by atoms with Gasteiger partial charge in [-0.05, 0) is 48.7 Å². The van der Waals surface area contributed by atoms with Crippen molar-refractivity contribution in [2.24, 2.45) is 0 Å². The van der Waals surface area contributed by atoms with Gasteiger partial charge in [0.05, 0.1) is 29.4 Å². The van der Waals surface area contributed by atoms with Crippen LogP contribution >= 0.6 is 15.9 Å². The minimum Gasteiger partial charge on any atom is -0.378 e. The first-order valence-corrected chi connectivity index (χ1v) is 12.1. The smallest absolute Gasteiger partial charge is 0.158 e. The summed E-state index contributed by atoms with van der Waals surface area (Å²) in [6.45, 7) is 7.95. The van der Waals surface area contributed by atoms with E-state index in [1.165, 1.54) is 0 Å². The van der Waals surface area contributed by atoms with Gasteiger partial charge in [-0.1, -0.05) is 0 Å². The molecule has 0 aromatic carbocycles. The molecular weight excluding hydrogens is 446 g/mol. The number of aromatic nitrogens is 3. The summed E-state index contributed by atoms with van der Waals surface area (Å²) in [6, 6.07) is 2.08. The maximum Gasteiger partial charge on any atom is 0.158 e. The molecule has 0 saturated carbocycles. The van der Waals surface area contributed by atoms with Crippen LogP contribution in [0.4, 0.5) is 11.5 Å². The lowest BCUT2D eigenvalue weighted by Crippen LogP contribution is -2.42. The second-order valence-corrected chi connectivity index (χ2v) is 11.2.